The lowest BCUT2D eigenvalue weighted by Crippen LogP contribution is -2.12. The van der Waals surface area contributed by atoms with Crippen molar-refractivity contribution in [2.45, 2.75) is 6.42 Å². The highest BCUT2D eigenvalue weighted by molar-refractivity contribution is 6.00. The van der Waals surface area contributed by atoms with E-state index >= 15 is 0 Å². The Bertz CT molecular complexity index is 727. The van der Waals surface area contributed by atoms with Gasteiger partial charge < -0.3 is 5.73 Å². The summed E-state index contributed by atoms with van der Waals surface area (Å²) in [5.41, 5.74) is 7.59. The fourth-order valence-corrected chi connectivity index (χ4v) is 1.94. The van der Waals surface area contributed by atoms with Crippen LogP contribution in [0.3, 0.4) is 0 Å². The summed E-state index contributed by atoms with van der Waals surface area (Å²) in [6.07, 6.45) is 2.05. The average Bonchev–Trinajstić information content (AvgIpc) is 2.46. The molecule has 3 nitrogen and oxygen atoms in total. The topological polar surface area (TPSA) is 66.9 Å². The van der Waals surface area contributed by atoms with Crippen LogP contribution in [0.25, 0.3) is 6.08 Å². The molecule has 0 bridgehead atoms. The Morgan fingerprint density at radius 1 is 1.19 bits per heavy atom. The van der Waals surface area contributed by atoms with Gasteiger partial charge in [-0.1, -0.05) is 36.4 Å². The van der Waals surface area contributed by atoms with Crippen LogP contribution in [0.15, 0.2) is 54.1 Å². The second-order valence-corrected chi connectivity index (χ2v) is 4.58. The molecule has 4 heteroatoms. The van der Waals surface area contributed by atoms with Gasteiger partial charge in [0, 0.05) is 0 Å². The number of benzene rings is 2. The van der Waals surface area contributed by atoms with Gasteiger partial charge in [-0.05, 0) is 41.3 Å². The fourth-order valence-electron chi connectivity index (χ4n) is 1.94. The van der Waals surface area contributed by atoms with Crippen LogP contribution in [-0.2, 0) is 11.2 Å². The standard InChI is InChI=1S/C17H13FN2O/c18-16-3-1-2-14(10-16)8-12-4-6-13(7-5-12)9-15(11-19)17(20)21/h1-7,9-10H,8H2,(H2,20,21)/b15-9+. The minimum Gasteiger partial charge on any atom is -0.365 e. The van der Waals surface area contributed by atoms with Crippen LogP contribution in [0.4, 0.5) is 4.39 Å². The molecule has 0 spiro atoms. The van der Waals surface area contributed by atoms with Gasteiger partial charge in [-0.3, -0.25) is 4.79 Å². The van der Waals surface area contributed by atoms with E-state index in [1.165, 1.54) is 18.2 Å². The maximum atomic E-state index is 13.1. The summed E-state index contributed by atoms with van der Waals surface area (Å²) in [6, 6.07) is 15.5. The molecule has 2 aromatic carbocycles. The van der Waals surface area contributed by atoms with Gasteiger partial charge in [0.05, 0.1) is 0 Å². The monoisotopic (exact) mass is 280 g/mol. The van der Waals surface area contributed by atoms with Gasteiger partial charge >= 0.3 is 0 Å². The lowest BCUT2D eigenvalue weighted by atomic mass is 10.0. The van der Waals surface area contributed by atoms with E-state index in [1.807, 2.05) is 18.2 Å². The van der Waals surface area contributed by atoms with Crippen molar-refractivity contribution >= 4 is 12.0 Å². The lowest BCUT2D eigenvalue weighted by Gasteiger charge is -2.03. The third-order valence-electron chi connectivity index (χ3n) is 2.97. The van der Waals surface area contributed by atoms with Crippen molar-refractivity contribution in [1.82, 2.24) is 0 Å². The molecule has 0 fully saturated rings. The number of nitrogens with zero attached hydrogens (tertiary/aromatic N) is 1. The highest BCUT2D eigenvalue weighted by atomic mass is 19.1. The molecule has 0 heterocycles. The van der Waals surface area contributed by atoms with Gasteiger partial charge in [0.2, 0.25) is 0 Å². The molecule has 2 N–H and O–H groups in total. The minimum absolute atomic E-state index is 0.0899. The van der Waals surface area contributed by atoms with E-state index in [-0.39, 0.29) is 11.4 Å². The van der Waals surface area contributed by atoms with Crippen LogP contribution < -0.4 is 5.73 Å². The zero-order valence-corrected chi connectivity index (χ0v) is 11.2. The first-order valence-corrected chi connectivity index (χ1v) is 6.33. The number of nitriles is 1. The predicted molar refractivity (Wildman–Crippen MR) is 78.4 cm³/mol. The molecule has 0 aromatic heterocycles. The summed E-state index contributed by atoms with van der Waals surface area (Å²) in [5.74, 6) is -1.01. The molecule has 0 atom stereocenters. The van der Waals surface area contributed by atoms with Crippen molar-refractivity contribution in [1.29, 1.82) is 5.26 Å². The molecule has 0 saturated heterocycles. The van der Waals surface area contributed by atoms with E-state index in [9.17, 15) is 9.18 Å². The van der Waals surface area contributed by atoms with Gasteiger partial charge in [-0.15, -0.1) is 0 Å². The average molecular weight is 280 g/mol. The Morgan fingerprint density at radius 2 is 1.90 bits per heavy atom. The first kappa shape index (κ1) is 14.5. The Balaban J connectivity index is 2.16. The molecule has 2 rings (SSSR count). The van der Waals surface area contributed by atoms with E-state index < -0.39 is 5.91 Å². The lowest BCUT2D eigenvalue weighted by molar-refractivity contribution is -0.114. The number of primary amides is 1. The summed E-state index contributed by atoms with van der Waals surface area (Å²) < 4.78 is 13.1. The summed E-state index contributed by atoms with van der Waals surface area (Å²) >= 11 is 0. The number of hydrogen-bond acceptors (Lipinski definition) is 2. The van der Waals surface area contributed by atoms with E-state index in [1.54, 1.807) is 24.3 Å². The second-order valence-electron chi connectivity index (χ2n) is 4.58. The largest absolute Gasteiger partial charge is 0.365 e. The van der Waals surface area contributed by atoms with Gasteiger partial charge in [-0.2, -0.15) is 5.26 Å². The van der Waals surface area contributed by atoms with Gasteiger partial charge in [0.1, 0.15) is 17.5 Å². The smallest absolute Gasteiger partial charge is 0.259 e. The molecular formula is C17H13FN2O. The van der Waals surface area contributed by atoms with Crippen LogP contribution in [0.5, 0.6) is 0 Å². The number of amides is 1. The number of carbonyl (C=O) groups is 1. The van der Waals surface area contributed by atoms with Crippen LogP contribution in [0.1, 0.15) is 16.7 Å². The van der Waals surface area contributed by atoms with Crippen molar-refractivity contribution in [3.8, 4) is 6.07 Å². The van der Waals surface area contributed by atoms with E-state index in [4.69, 9.17) is 11.0 Å². The SMILES string of the molecule is N#C/C(=C\c1ccc(Cc2cccc(F)c2)cc1)C(N)=O. The van der Waals surface area contributed by atoms with Crippen LogP contribution >= 0.6 is 0 Å². The molecule has 0 aliphatic heterocycles. The summed E-state index contributed by atoms with van der Waals surface area (Å²) in [6.45, 7) is 0. The molecule has 104 valence electrons. The van der Waals surface area contributed by atoms with E-state index in [2.05, 4.69) is 0 Å². The molecule has 0 radical (unpaired) electrons. The molecular weight excluding hydrogens is 267 g/mol. The van der Waals surface area contributed by atoms with E-state index in [0.29, 0.717) is 12.0 Å². The Morgan fingerprint density at radius 3 is 2.48 bits per heavy atom. The van der Waals surface area contributed by atoms with Crippen molar-refractivity contribution in [3.63, 3.8) is 0 Å². The first-order chi connectivity index (χ1) is 10.1. The number of rotatable bonds is 4. The number of nitrogens with two attached hydrogens (primary N) is 1. The first-order valence-electron chi connectivity index (χ1n) is 6.33. The highest BCUT2D eigenvalue weighted by Gasteiger charge is 2.03. The Kier molecular flexibility index (Phi) is 4.47. The molecule has 0 aliphatic carbocycles. The van der Waals surface area contributed by atoms with Crippen molar-refractivity contribution in [2.24, 2.45) is 5.73 Å². The van der Waals surface area contributed by atoms with E-state index in [0.717, 1.165) is 11.1 Å². The fraction of sp³-hybridized carbons (Fsp3) is 0.0588. The van der Waals surface area contributed by atoms with Crippen molar-refractivity contribution in [2.75, 3.05) is 0 Å². The number of carbonyl (C=O) groups excluding carboxylic acids is 1. The van der Waals surface area contributed by atoms with Crippen molar-refractivity contribution in [3.05, 3.63) is 76.6 Å². The third-order valence-corrected chi connectivity index (χ3v) is 2.97. The predicted octanol–water partition coefficient (Wildman–Crippen LogP) is 2.81. The second kappa shape index (κ2) is 6.49. The summed E-state index contributed by atoms with van der Waals surface area (Å²) in [7, 11) is 0. The number of hydrogen-bond donors (Lipinski definition) is 1. The maximum absolute atomic E-state index is 13.1. The molecule has 2 aromatic rings. The molecule has 1 amide bonds. The summed E-state index contributed by atoms with van der Waals surface area (Å²) in [5, 5.41) is 8.78. The normalized spacial score (nSPS) is 11.0. The van der Waals surface area contributed by atoms with Gasteiger partial charge in [0.25, 0.3) is 5.91 Å². The third kappa shape index (κ3) is 4.02. The Labute approximate surface area is 122 Å². The van der Waals surface area contributed by atoms with Gasteiger partial charge in [-0.25, -0.2) is 4.39 Å². The quantitative estimate of drug-likeness (QED) is 0.691. The summed E-state index contributed by atoms with van der Waals surface area (Å²) in [4.78, 5) is 11.0. The maximum Gasteiger partial charge on any atom is 0.259 e. The van der Waals surface area contributed by atoms with Gasteiger partial charge in [0.15, 0.2) is 0 Å². The molecule has 21 heavy (non-hydrogen) atoms. The number of halogens is 1. The van der Waals surface area contributed by atoms with Crippen LogP contribution in [-0.4, -0.2) is 5.91 Å². The zero-order chi connectivity index (χ0) is 15.2. The van der Waals surface area contributed by atoms with Crippen LogP contribution in [0.2, 0.25) is 0 Å². The highest BCUT2D eigenvalue weighted by Crippen LogP contribution is 2.13. The molecule has 0 unspecified atom stereocenters. The molecule has 0 saturated carbocycles. The molecule has 0 aliphatic rings. The minimum atomic E-state index is -0.749. The Hall–Kier alpha value is -2.93. The van der Waals surface area contributed by atoms with Crippen LogP contribution in [0, 0.1) is 17.1 Å². The zero-order valence-electron chi connectivity index (χ0n) is 11.2. The van der Waals surface area contributed by atoms with Crippen molar-refractivity contribution < 1.29 is 9.18 Å².